The first kappa shape index (κ1) is 31.2. The van der Waals surface area contributed by atoms with E-state index in [1.807, 2.05) is 13.8 Å². The second kappa shape index (κ2) is 11.2. The molecule has 0 amide bonds. The number of hydrogen-bond acceptors (Lipinski definition) is 9. The Morgan fingerprint density at radius 1 is 1.07 bits per heavy atom. The van der Waals surface area contributed by atoms with Gasteiger partial charge in [0, 0.05) is 37.2 Å². The van der Waals surface area contributed by atoms with E-state index < -0.39 is 35.6 Å². The van der Waals surface area contributed by atoms with Gasteiger partial charge in [-0.05, 0) is 94.5 Å². The Labute approximate surface area is 255 Å². The third-order valence-corrected chi connectivity index (χ3v) is 12.5. The van der Waals surface area contributed by atoms with Crippen molar-refractivity contribution in [3.05, 3.63) is 11.6 Å². The molecule has 0 bridgehead atoms. The first-order valence-electron chi connectivity index (χ1n) is 16.5. The number of ether oxygens (including phenoxy) is 5. The van der Waals surface area contributed by atoms with Gasteiger partial charge in [0.1, 0.15) is 24.9 Å². The molecule has 9 nitrogen and oxygen atoms in total. The van der Waals surface area contributed by atoms with E-state index in [0.29, 0.717) is 24.7 Å². The highest BCUT2D eigenvalue weighted by Crippen LogP contribution is 2.70. The largest absolute Gasteiger partial charge is 0.462 e. The first-order valence-corrected chi connectivity index (χ1v) is 16.5. The number of fused-ring (bicyclic) bond motifs is 5. The van der Waals surface area contributed by atoms with Gasteiger partial charge in [-0.15, -0.1) is 0 Å². The van der Waals surface area contributed by atoms with Crippen LogP contribution in [0.2, 0.25) is 0 Å². The maximum atomic E-state index is 12.7. The zero-order chi connectivity index (χ0) is 30.9. The van der Waals surface area contributed by atoms with E-state index in [1.54, 1.807) is 13.0 Å². The van der Waals surface area contributed by atoms with E-state index in [2.05, 4.69) is 13.8 Å². The standard InChI is InChI=1S/C34H50O9/c1-18(2)40-26-15-29(41-19(3)31(26)37)43-23-9-11-32(5)22(14-23)7-8-25-24(32)10-12-33(6)30(21-13-28(36)39-17-21)27(42-20(4)35)16-34(25,33)38/h13,18-19,22-27,29-30,38H,7-12,14-17H2,1-6H3/t19?,22-,23+,24?,25-,26?,27+,29+,30+,32+,33-,34+/m1/s1. The predicted octanol–water partition coefficient (Wildman–Crippen LogP) is 4.67. The molecule has 6 aliphatic rings. The van der Waals surface area contributed by atoms with Crippen molar-refractivity contribution in [2.45, 2.75) is 142 Å². The molecule has 4 saturated carbocycles. The summed E-state index contributed by atoms with van der Waals surface area (Å²) in [5.41, 5.74) is -0.606. The number of rotatable bonds is 6. The first-order chi connectivity index (χ1) is 20.2. The molecule has 0 aromatic rings. The molecule has 5 fully saturated rings. The van der Waals surface area contributed by atoms with Gasteiger partial charge >= 0.3 is 11.9 Å². The van der Waals surface area contributed by atoms with Crippen LogP contribution in [-0.4, -0.2) is 71.8 Å². The Morgan fingerprint density at radius 2 is 1.84 bits per heavy atom. The molecular formula is C34H50O9. The molecule has 1 N–H and O–H groups in total. The van der Waals surface area contributed by atoms with Crippen molar-refractivity contribution < 1.29 is 43.2 Å². The number of esters is 2. The maximum absolute atomic E-state index is 12.7. The number of carbonyl (C=O) groups excluding carboxylic acids is 3. The van der Waals surface area contributed by atoms with Crippen molar-refractivity contribution >= 4 is 17.7 Å². The van der Waals surface area contributed by atoms with Crippen molar-refractivity contribution in [1.82, 2.24) is 0 Å². The van der Waals surface area contributed by atoms with Gasteiger partial charge in [-0.25, -0.2) is 4.79 Å². The van der Waals surface area contributed by atoms with Crippen LogP contribution < -0.4 is 0 Å². The SMILES string of the molecule is CC(=O)O[C@H]1C[C@]2(O)[C@@H]3CC[C@@H]4C[C@@H](O[C@H]5CC(OC(C)C)C(=O)C(C)O5)CC[C@]4(C)C3CC[C@]2(C)[C@H]1C1=CC(=O)OC1. The highest BCUT2D eigenvalue weighted by atomic mass is 16.7. The van der Waals surface area contributed by atoms with Crippen LogP contribution in [0.3, 0.4) is 0 Å². The third-order valence-electron chi connectivity index (χ3n) is 12.5. The number of ketones is 1. The number of Topliss-reactive ketones (excluding diaryl/α,β-unsaturated/α-hetero) is 1. The number of cyclic esters (lactones) is 1. The molecule has 0 radical (unpaired) electrons. The molecule has 0 spiro atoms. The van der Waals surface area contributed by atoms with Gasteiger partial charge < -0.3 is 28.8 Å². The summed E-state index contributed by atoms with van der Waals surface area (Å²) < 4.78 is 29.5. The van der Waals surface area contributed by atoms with E-state index >= 15 is 0 Å². The second-order valence-corrected chi connectivity index (χ2v) is 15.1. The monoisotopic (exact) mass is 602 g/mol. The molecule has 1 saturated heterocycles. The molecule has 6 rings (SSSR count). The third kappa shape index (κ3) is 5.20. The summed E-state index contributed by atoms with van der Waals surface area (Å²) in [5, 5.41) is 12.7. The van der Waals surface area contributed by atoms with E-state index in [0.717, 1.165) is 50.5 Å². The van der Waals surface area contributed by atoms with Gasteiger partial charge in [-0.3, -0.25) is 9.59 Å². The van der Waals surface area contributed by atoms with E-state index in [1.165, 1.54) is 6.92 Å². The van der Waals surface area contributed by atoms with Crippen molar-refractivity contribution in [3.63, 3.8) is 0 Å². The van der Waals surface area contributed by atoms with Crippen LogP contribution in [0.4, 0.5) is 0 Å². The molecule has 0 aromatic carbocycles. The average molecular weight is 603 g/mol. The smallest absolute Gasteiger partial charge is 0.331 e. The minimum absolute atomic E-state index is 0.0150. The van der Waals surface area contributed by atoms with Crippen LogP contribution in [0.1, 0.15) is 99.3 Å². The Morgan fingerprint density at radius 3 is 2.51 bits per heavy atom. The van der Waals surface area contributed by atoms with Gasteiger partial charge in [0.25, 0.3) is 0 Å². The fourth-order valence-electron chi connectivity index (χ4n) is 10.5. The van der Waals surface area contributed by atoms with Gasteiger partial charge in [-0.2, -0.15) is 0 Å². The summed E-state index contributed by atoms with van der Waals surface area (Å²) in [4.78, 5) is 36.8. The molecule has 4 aliphatic carbocycles. The van der Waals surface area contributed by atoms with Crippen LogP contribution in [-0.2, 0) is 38.1 Å². The van der Waals surface area contributed by atoms with Crippen molar-refractivity contribution in [1.29, 1.82) is 0 Å². The quantitative estimate of drug-likeness (QED) is 0.342. The van der Waals surface area contributed by atoms with Crippen LogP contribution in [0.25, 0.3) is 0 Å². The summed E-state index contributed by atoms with van der Waals surface area (Å²) >= 11 is 0. The summed E-state index contributed by atoms with van der Waals surface area (Å²) in [6, 6.07) is 0. The average Bonchev–Trinajstić information content (AvgIpc) is 3.43. The van der Waals surface area contributed by atoms with Crippen LogP contribution in [0, 0.1) is 34.5 Å². The highest BCUT2D eigenvalue weighted by molar-refractivity contribution is 5.87. The minimum atomic E-state index is -1.00. The molecule has 9 heteroatoms. The van der Waals surface area contributed by atoms with Crippen LogP contribution in [0.15, 0.2) is 11.6 Å². The lowest BCUT2D eigenvalue weighted by atomic mass is 9.43. The summed E-state index contributed by atoms with van der Waals surface area (Å²) in [7, 11) is 0. The van der Waals surface area contributed by atoms with Gasteiger partial charge in [-0.1, -0.05) is 13.8 Å². The molecule has 240 valence electrons. The number of carbonyl (C=O) groups is 3. The molecular weight excluding hydrogens is 552 g/mol. The van der Waals surface area contributed by atoms with E-state index in [9.17, 15) is 19.5 Å². The zero-order valence-corrected chi connectivity index (χ0v) is 26.6. The van der Waals surface area contributed by atoms with Crippen LogP contribution in [0.5, 0.6) is 0 Å². The van der Waals surface area contributed by atoms with E-state index in [-0.39, 0.29) is 53.8 Å². The Kier molecular flexibility index (Phi) is 8.13. The molecule has 2 aliphatic heterocycles. The van der Waals surface area contributed by atoms with Crippen molar-refractivity contribution in [2.75, 3.05) is 6.61 Å². The van der Waals surface area contributed by atoms with Gasteiger partial charge in [0.2, 0.25) is 0 Å². The van der Waals surface area contributed by atoms with Crippen LogP contribution >= 0.6 is 0 Å². The lowest BCUT2D eigenvalue weighted by molar-refractivity contribution is -0.247. The highest BCUT2D eigenvalue weighted by Gasteiger charge is 2.71. The zero-order valence-electron chi connectivity index (χ0n) is 26.6. The Balaban J connectivity index is 1.18. The topological polar surface area (TPSA) is 118 Å². The summed E-state index contributed by atoms with van der Waals surface area (Å²) in [6.45, 7) is 11.8. The lowest BCUT2D eigenvalue weighted by Crippen LogP contribution is -2.62. The minimum Gasteiger partial charge on any atom is -0.462 e. The fraction of sp³-hybridized carbons (Fsp3) is 0.853. The fourth-order valence-corrected chi connectivity index (χ4v) is 10.5. The molecule has 43 heavy (non-hydrogen) atoms. The van der Waals surface area contributed by atoms with Crippen molar-refractivity contribution in [3.8, 4) is 0 Å². The lowest BCUT2D eigenvalue weighted by Gasteiger charge is -2.63. The predicted molar refractivity (Wildman–Crippen MR) is 155 cm³/mol. The molecule has 2 heterocycles. The summed E-state index contributed by atoms with van der Waals surface area (Å²) in [5.74, 6) is -0.0655. The Bertz CT molecular complexity index is 1160. The normalized spacial score (nSPS) is 47.8. The van der Waals surface area contributed by atoms with E-state index in [4.69, 9.17) is 23.7 Å². The summed E-state index contributed by atoms with van der Waals surface area (Å²) in [6.07, 6.45) is 7.00. The van der Waals surface area contributed by atoms with Gasteiger partial charge in [0.05, 0.1) is 17.8 Å². The molecule has 0 aromatic heterocycles. The molecule has 12 atom stereocenters. The maximum Gasteiger partial charge on any atom is 0.331 e. The van der Waals surface area contributed by atoms with Crippen molar-refractivity contribution in [2.24, 2.45) is 34.5 Å². The number of hydrogen-bond donors (Lipinski definition) is 1. The Hall–Kier alpha value is -1.81. The second-order valence-electron chi connectivity index (χ2n) is 15.1. The van der Waals surface area contributed by atoms with Gasteiger partial charge in [0.15, 0.2) is 12.1 Å². The molecule has 3 unspecified atom stereocenters. The number of aliphatic hydroxyl groups is 1.